The number of rotatable bonds is 4. The molecule has 0 heterocycles. The van der Waals surface area contributed by atoms with E-state index in [0.717, 1.165) is 0 Å². The highest BCUT2D eigenvalue weighted by molar-refractivity contribution is 14.1. The third-order valence-electron chi connectivity index (χ3n) is 2.36. The Bertz CT molecular complexity index is 613. The van der Waals surface area contributed by atoms with Crippen molar-refractivity contribution in [1.29, 1.82) is 0 Å². The summed E-state index contributed by atoms with van der Waals surface area (Å²) in [5.74, 6) is -4.84. The van der Waals surface area contributed by atoms with Crippen LogP contribution in [0.5, 0.6) is 5.75 Å². The number of hydrogen-bond acceptors (Lipinski definition) is 5. The molecule has 0 atom stereocenters. The monoisotopic (exact) mass is 568 g/mol. The first kappa shape index (κ1) is 21.3. The highest BCUT2D eigenvalue weighted by Crippen LogP contribution is 2.30. The van der Waals surface area contributed by atoms with E-state index < -0.39 is 23.6 Å². The molecule has 5 nitrogen and oxygen atoms in total. The fraction of sp³-hybridized carbons (Fsp3) is 0.467. The van der Waals surface area contributed by atoms with Gasteiger partial charge in [-0.2, -0.15) is 8.78 Å². The van der Waals surface area contributed by atoms with Crippen LogP contribution in [0.1, 0.15) is 33.3 Å². The summed E-state index contributed by atoms with van der Waals surface area (Å²) in [6.45, 7) is 5.31. The zero-order valence-electron chi connectivity index (χ0n) is 13.4. The number of carbonyl (C=O) groups excluding carboxylic acids is 2. The molecular formula is C15H16F2I2O5. The van der Waals surface area contributed by atoms with Crippen molar-refractivity contribution in [3.63, 3.8) is 0 Å². The molecule has 0 saturated carbocycles. The third kappa shape index (κ3) is 7.03. The molecule has 24 heavy (non-hydrogen) atoms. The zero-order chi connectivity index (χ0) is 18.7. The summed E-state index contributed by atoms with van der Waals surface area (Å²) in [6.07, 6.45) is -0.844. The lowest BCUT2D eigenvalue weighted by molar-refractivity contribution is -0.170. The van der Waals surface area contributed by atoms with Gasteiger partial charge >= 0.3 is 18.0 Å². The van der Waals surface area contributed by atoms with Crippen molar-refractivity contribution in [2.24, 2.45) is 0 Å². The van der Waals surface area contributed by atoms with E-state index in [-0.39, 0.29) is 6.61 Å². The maximum Gasteiger partial charge on any atom is 0.514 e. The smallest absolute Gasteiger partial charge is 0.456 e. The van der Waals surface area contributed by atoms with E-state index in [1.54, 1.807) is 32.9 Å². The Morgan fingerprint density at radius 1 is 1.08 bits per heavy atom. The summed E-state index contributed by atoms with van der Waals surface area (Å²) in [4.78, 5) is 22.8. The van der Waals surface area contributed by atoms with E-state index in [2.05, 4.69) is 4.74 Å². The fourth-order valence-electron chi connectivity index (χ4n) is 1.42. The zero-order valence-corrected chi connectivity index (χ0v) is 17.7. The topological polar surface area (TPSA) is 61.8 Å². The van der Waals surface area contributed by atoms with Gasteiger partial charge < -0.3 is 14.2 Å². The molecular weight excluding hydrogens is 552 g/mol. The van der Waals surface area contributed by atoms with Crippen LogP contribution in [0.2, 0.25) is 0 Å². The molecule has 1 aromatic carbocycles. The summed E-state index contributed by atoms with van der Waals surface area (Å²) in [5.41, 5.74) is -0.189. The van der Waals surface area contributed by atoms with Crippen LogP contribution in [0.3, 0.4) is 0 Å². The molecule has 1 aromatic rings. The van der Waals surface area contributed by atoms with E-state index in [1.807, 2.05) is 45.2 Å². The Hall–Kier alpha value is -0.720. The number of alkyl halides is 2. The number of hydrogen-bond donors (Lipinski definition) is 0. The Balaban J connectivity index is 2.83. The number of halogens is 4. The van der Waals surface area contributed by atoms with Crippen LogP contribution in [0.4, 0.5) is 13.6 Å². The van der Waals surface area contributed by atoms with Gasteiger partial charge in [-0.25, -0.2) is 9.59 Å². The summed E-state index contributed by atoms with van der Waals surface area (Å²) in [5, 5.41) is 0. The van der Waals surface area contributed by atoms with Crippen molar-refractivity contribution in [2.75, 3.05) is 0 Å². The van der Waals surface area contributed by atoms with Crippen molar-refractivity contribution in [3.8, 4) is 5.75 Å². The van der Waals surface area contributed by atoms with E-state index in [0.29, 0.717) is 25.4 Å². The van der Waals surface area contributed by atoms with Crippen molar-refractivity contribution < 1.29 is 32.6 Å². The Morgan fingerprint density at radius 2 is 1.58 bits per heavy atom. The summed E-state index contributed by atoms with van der Waals surface area (Å²) >= 11 is 3.86. The molecule has 1 rings (SSSR count). The van der Waals surface area contributed by atoms with Gasteiger partial charge in [0.2, 0.25) is 0 Å². The van der Waals surface area contributed by atoms with Crippen LogP contribution in [0.15, 0.2) is 12.1 Å². The fourth-order valence-corrected chi connectivity index (χ4v) is 3.54. The standard InChI is InChI=1S/C15H16F2I2O5/c1-14(2,3)24-13(21)23-11-9(18)5-8(6-10(11)19)7-22-12(20)15(4,16)17/h5-6H,7H2,1-4H3. The first-order chi connectivity index (χ1) is 10.8. The first-order valence-corrected chi connectivity index (χ1v) is 8.89. The lowest BCUT2D eigenvalue weighted by atomic mass is 10.2. The highest BCUT2D eigenvalue weighted by Gasteiger charge is 2.34. The maximum atomic E-state index is 12.8. The minimum atomic E-state index is -3.54. The van der Waals surface area contributed by atoms with Gasteiger partial charge in [-0.1, -0.05) is 0 Å². The molecule has 0 radical (unpaired) electrons. The predicted octanol–water partition coefficient (Wildman–Crippen LogP) is 4.91. The molecule has 0 unspecified atom stereocenters. The van der Waals surface area contributed by atoms with Crippen LogP contribution < -0.4 is 4.74 Å². The Labute approximate surface area is 165 Å². The molecule has 0 aliphatic heterocycles. The van der Waals surface area contributed by atoms with Gasteiger partial charge in [0, 0.05) is 6.92 Å². The van der Waals surface area contributed by atoms with Crippen molar-refractivity contribution in [1.82, 2.24) is 0 Å². The lowest BCUT2D eigenvalue weighted by Gasteiger charge is -2.19. The lowest BCUT2D eigenvalue weighted by Crippen LogP contribution is -2.27. The predicted molar refractivity (Wildman–Crippen MR) is 99.2 cm³/mol. The van der Waals surface area contributed by atoms with Crippen molar-refractivity contribution in [3.05, 3.63) is 24.8 Å². The molecule has 9 heteroatoms. The number of esters is 1. The van der Waals surface area contributed by atoms with Gasteiger partial charge in [0.25, 0.3) is 0 Å². The quantitative estimate of drug-likeness (QED) is 0.294. The normalized spacial score (nSPS) is 11.8. The molecule has 0 amide bonds. The van der Waals surface area contributed by atoms with Crippen molar-refractivity contribution in [2.45, 2.75) is 45.8 Å². The van der Waals surface area contributed by atoms with Gasteiger partial charge in [0.1, 0.15) is 12.2 Å². The summed E-state index contributed by atoms with van der Waals surface area (Å²) < 4.78 is 41.5. The van der Waals surface area contributed by atoms with Crippen LogP contribution >= 0.6 is 45.2 Å². The Kier molecular flexibility index (Phi) is 7.20. The SMILES string of the molecule is CC(C)(C)OC(=O)Oc1c(I)cc(COC(=O)C(C)(F)F)cc1I. The largest absolute Gasteiger partial charge is 0.514 e. The summed E-state index contributed by atoms with van der Waals surface area (Å²) in [6, 6.07) is 3.15. The van der Waals surface area contributed by atoms with Crippen LogP contribution in [0, 0.1) is 7.14 Å². The molecule has 0 spiro atoms. The average molecular weight is 568 g/mol. The molecule has 134 valence electrons. The van der Waals surface area contributed by atoms with E-state index in [9.17, 15) is 18.4 Å². The molecule has 0 aromatic heterocycles. The van der Waals surface area contributed by atoms with Gasteiger partial charge in [0.05, 0.1) is 7.14 Å². The summed E-state index contributed by atoms with van der Waals surface area (Å²) in [7, 11) is 0. The van der Waals surface area contributed by atoms with Crippen LogP contribution in [0.25, 0.3) is 0 Å². The molecule has 0 saturated heterocycles. The Morgan fingerprint density at radius 3 is 2.00 bits per heavy atom. The van der Waals surface area contributed by atoms with E-state index >= 15 is 0 Å². The molecule has 0 aliphatic carbocycles. The van der Waals surface area contributed by atoms with Gasteiger partial charge in [-0.05, 0) is 83.6 Å². The number of carbonyl (C=O) groups is 2. The second kappa shape index (κ2) is 8.11. The van der Waals surface area contributed by atoms with Crippen LogP contribution in [-0.4, -0.2) is 23.6 Å². The second-order valence-electron chi connectivity index (χ2n) is 5.92. The second-order valence-corrected chi connectivity index (χ2v) is 8.24. The number of benzene rings is 1. The molecule has 0 aliphatic rings. The van der Waals surface area contributed by atoms with Crippen LogP contribution in [-0.2, 0) is 20.9 Å². The minimum Gasteiger partial charge on any atom is -0.456 e. The van der Waals surface area contributed by atoms with Gasteiger partial charge in [-0.15, -0.1) is 0 Å². The highest BCUT2D eigenvalue weighted by atomic mass is 127. The average Bonchev–Trinajstić information content (AvgIpc) is 2.37. The molecule has 0 fully saturated rings. The maximum absolute atomic E-state index is 12.8. The van der Waals surface area contributed by atoms with Gasteiger partial charge in [0.15, 0.2) is 5.75 Å². The van der Waals surface area contributed by atoms with Gasteiger partial charge in [-0.3, -0.25) is 0 Å². The first-order valence-electron chi connectivity index (χ1n) is 6.73. The van der Waals surface area contributed by atoms with E-state index in [4.69, 9.17) is 9.47 Å². The van der Waals surface area contributed by atoms with E-state index in [1.165, 1.54) is 0 Å². The van der Waals surface area contributed by atoms with Crippen molar-refractivity contribution >= 4 is 57.3 Å². The minimum absolute atomic E-state index is 0.293. The third-order valence-corrected chi connectivity index (χ3v) is 3.96. The number of ether oxygens (including phenoxy) is 3. The molecule has 0 bridgehead atoms. The molecule has 0 N–H and O–H groups in total.